The van der Waals surface area contributed by atoms with Crippen molar-refractivity contribution in [3.63, 3.8) is 0 Å². The largest absolute Gasteiger partial charge is 0.292 e. The van der Waals surface area contributed by atoms with Gasteiger partial charge in [0.15, 0.2) is 0 Å². The van der Waals surface area contributed by atoms with Gasteiger partial charge in [-0.25, -0.2) is 9.97 Å². The Balaban J connectivity index is 2.34. The number of hydrogen-bond acceptors (Lipinski definition) is 4. The van der Waals surface area contributed by atoms with E-state index >= 15 is 0 Å². The number of aromatic nitrogens is 3. The number of halogens is 1. The Bertz CT molecular complexity index is 480. The van der Waals surface area contributed by atoms with Crippen LogP contribution in [0.3, 0.4) is 0 Å². The van der Waals surface area contributed by atoms with Gasteiger partial charge >= 0.3 is 0 Å². The van der Waals surface area contributed by atoms with Crippen molar-refractivity contribution in [2.45, 2.75) is 6.54 Å². The molecule has 2 heterocycles. The van der Waals surface area contributed by atoms with Gasteiger partial charge in [0.05, 0.1) is 27.6 Å². The first-order valence-corrected chi connectivity index (χ1v) is 5.86. The molecular formula is C8H6IN3OS. The molecule has 0 unspecified atom stereocenters. The molecule has 4 nitrogen and oxygen atoms in total. The van der Waals surface area contributed by atoms with Crippen molar-refractivity contribution >= 4 is 33.9 Å². The van der Waals surface area contributed by atoms with Gasteiger partial charge in [0.25, 0.3) is 5.56 Å². The highest BCUT2D eigenvalue weighted by Crippen LogP contribution is 2.02. The summed E-state index contributed by atoms with van der Waals surface area (Å²) < 4.78 is 2.18. The van der Waals surface area contributed by atoms with Crippen molar-refractivity contribution in [1.82, 2.24) is 14.5 Å². The molecule has 0 radical (unpaired) electrons. The van der Waals surface area contributed by atoms with Gasteiger partial charge in [-0.15, -0.1) is 11.3 Å². The SMILES string of the molecule is O=c1c(I)cncn1Cc1cscn1. The first-order valence-electron chi connectivity index (χ1n) is 3.84. The van der Waals surface area contributed by atoms with Crippen LogP contribution in [-0.2, 0) is 6.54 Å². The summed E-state index contributed by atoms with van der Waals surface area (Å²) >= 11 is 3.50. The Hall–Kier alpha value is -0.760. The van der Waals surface area contributed by atoms with Crippen LogP contribution in [0.2, 0.25) is 0 Å². The molecule has 0 N–H and O–H groups in total. The van der Waals surface area contributed by atoms with Gasteiger partial charge in [0.2, 0.25) is 0 Å². The first kappa shape index (κ1) is 9.78. The van der Waals surface area contributed by atoms with E-state index < -0.39 is 0 Å². The molecule has 6 heteroatoms. The van der Waals surface area contributed by atoms with E-state index in [0.717, 1.165) is 5.69 Å². The summed E-state index contributed by atoms with van der Waals surface area (Å²) in [6, 6.07) is 0. The number of hydrogen-bond donors (Lipinski definition) is 0. The lowest BCUT2D eigenvalue weighted by Gasteiger charge is -2.01. The van der Waals surface area contributed by atoms with Crippen molar-refractivity contribution in [3.8, 4) is 0 Å². The van der Waals surface area contributed by atoms with E-state index in [1.807, 2.05) is 28.0 Å². The highest BCUT2D eigenvalue weighted by molar-refractivity contribution is 14.1. The molecule has 72 valence electrons. The fourth-order valence-corrected chi connectivity index (χ4v) is 2.05. The average molecular weight is 319 g/mol. The number of nitrogens with zero attached hydrogens (tertiary/aromatic N) is 3. The Labute approximate surface area is 97.8 Å². The Morgan fingerprint density at radius 3 is 3.14 bits per heavy atom. The van der Waals surface area contributed by atoms with E-state index in [2.05, 4.69) is 9.97 Å². The van der Waals surface area contributed by atoms with E-state index in [1.165, 1.54) is 17.7 Å². The van der Waals surface area contributed by atoms with Crippen molar-refractivity contribution in [1.29, 1.82) is 0 Å². The molecule has 0 amide bonds. The standard InChI is InChI=1S/C8H6IN3OS/c9-7-1-10-4-12(8(7)13)2-6-3-14-5-11-6/h1,3-5H,2H2. The van der Waals surface area contributed by atoms with Crippen LogP contribution in [-0.4, -0.2) is 14.5 Å². The van der Waals surface area contributed by atoms with Crippen molar-refractivity contribution in [2.24, 2.45) is 0 Å². The Kier molecular flexibility index (Phi) is 2.92. The Morgan fingerprint density at radius 1 is 1.57 bits per heavy atom. The zero-order valence-corrected chi connectivity index (χ0v) is 10.0. The second kappa shape index (κ2) is 4.18. The minimum Gasteiger partial charge on any atom is -0.292 e. The van der Waals surface area contributed by atoms with Crippen molar-refractivity contribution < 1.29 is 0 Å². The van der Waals surface area contributed by atoms with Crippen LogP contribution in [0.25, 0.3) is 0 Å². The second-order valence-corrected chi connectivity index (χ2v) is 4.54. The van der Waals surface area contributed by atoms with Gasteiger partial charge in [-0.2, -0.15) is 0 Å². The molecule has 0 aliphatic rings. The molecule has 0 bridgehead atoms. The van der Waals surface area contributed by atoms with E-state index in [9.17, 15) is 4.79 Å². The fourth-order valence-electron chi connectivity index (χ4n) is 1.03. The molecule has 2 aromatic heterocycles. The van der Waals surface area contributed by atoms with Gasteiger partial charge in [-0.1, -0.05) is 0 Å². The zero-order valence-electron chi connectivity index (χ0n) is 7.05. The molecule has 0 spiro atoms. The van der Waals surface area contributed by atoms with Gasteiger partial charge < -0.3 is 0 Å². The summed E-state index contributed by atoms with van der Waals surface area (Å²) in [4.78, 5) is 19.7. The fraction of sp³-hybridized carbons (Fsp3) is 0.125. The summed E-state index contributed by atoms with van der Waals surface area (Å²) in [5.41, 5.74) is 2.62. The third kappa shape index (κ3) is 2.01. The number of thiazole rings is 1. The minimum atomic E-state index is -0.0198. The third-order valence-electron chi connectivity index (χ3n) is 1.67. The molecule has 0 fully saturated rings. The van der Waals surface area contributed by atoms with Crippen LogP contribution >= 0.6 is 33.9 Å². The van der Waals surface area contributed by atoms with E-state index in [1.54, 1.807) is 16.3 Å². The lowest BCUT2D eigenvalue weighted by molar-refractivity contribution is 0.717. The predicted molar refractivity (Wildman–Crippen MR) is 62.4 cm³/mol. The highest BCUT2D eigenvalue weighted by atomic mass is 127. The van der Waals surface area contributed by atoms with Gasteiger partial charge in [0.1, 0.15) is 0 Å². The maximum absolute atomic E-state index is 11.6. The molecule has 0 aliphatic carbocycles. The van der Waals surface area contributed by atoms with E-state index in [0.29, 0.717) is 10.1 Å². The summed E-state index contributed by atoms with van der Waals surface area (Å²) in [7, 11) is 0. The molecule has 2 aromatic rings. The lowest BCUT2D eigenvalue weighted by atomic mass is 10.5. The maximum Gasteiger partial charge on any atom is 0.267 e. The first-order chi connectivity index (χ1) is 6.77. The molecule has 0 saturated heterocycles. The summed E-state index contributed by atoms with van der Waals surface area (Å²) in [6.45, 7) is 0.492. The zero-order chi connectivity index (χ0) is 9.97. The summed E-state index contributed by atoms with van der Waals surface area (Å²) in [5, 5.41) is 1.92. The number of rotatable bonds is 2. The van der Waals surface area contributed by atoms with Gasteiger partial charge in [-0.3, -0.25) is 9.36 Å². The van der Waals surface area contributed by atoms with Crippen molar-refractivity contribution in [2.75, 3.05) is 0 Å². The quantitative estimate of drug-likeness (QED) is 0.785. The van der Waals surface area contributed by atoms with E-state index in [4.69, 9.17) is 0 Å². The molecule has 0 atom stereocenters. The van der Waals surface area contributed by atoms with E-state index in [-0.39, 0.29) is 5.56 Å². The lowest BCUT2D eigenvalue weighted by Crippen LogP contribution is -2.22. The smallest absolute Gasteiger partial charge is 0.267 e. The summed E-state index contributed by atoms with van der Waals surface area (Å²) in [6.07, 6.45) is 3.09. The molecule has 14 heavy (non-hydrogen) atoms. The molecule has 0 saturated carbocycles. The maximum atomic E-state index is 11.6. The second-order valence-electron chi connectivity index (χ2n) is 2.65. The molecular weight excluding hydrogens is 313 g/mol. The Morgan fingerprint density at radius 2 is 2.43 bits per heavy atom. The topological polar surface area (TPSA) is 47.8 Å². The highest BCUT2D eigenvalue weighted by Gasteiger charge is 2.02. The minimum absolute atomic E-state index is 0.0198. The predicted octanol–water partition coefficient (Wildman–Crippen LogP) is 1.35. The van der Waals surface area contributed by atoms with Gasteiger partial charge in [0, 0.05) is 11.6 Å². The summed E-state index contributed by atoms with van der Waals surface area (Å²) in [5.74, 6) is 0. The van der Waals surface area contributed by atoms with Crippen LogP contribution in [0.15, 0.2) is 28.2 Å². The normalized spacial score (nSPS) is 10.4. The van der Waals surface area contributed by atoms with Crippen LogP contribution in [0.4, 0.5) is 0 Å². The monoisotopic (exact) mass is 319 g/mol. The molecule has 2 rings (SSSR count). The van der Waals surface area contributed by atoms with Crippen LogP contribution < -0.4 is 5.56 Å². The third-order valence-corrected chi connectivity index (χ3v) is 3.05. The van der Waals surface area contributed by atoms with Crippen LogP contribution in [0, 0.1) is 3.57 Å². The van der Waals surface area contributed by atoms with Gasteiger partial charge in [-0.05, 0) is 22.6 Å². The van der Waals surface area contributed by atoms with Crippen molar-refractivity contribution in [3.05, 3.63) is 43.0 Å². The molecule has 0 aromatic carbocycles. The van der Waals surface area contributed by atoms with Crippen LogP contribution in [0.1, 0.15) is 5.69 Å². The van der Waals surface area contributed by atoms with Crippen LogP contribution in [0.5, 0.6) is 0 Å². The average Bonchev–Trinajstić information content (AvgIpc) is 2.66. The molecule has 0 aliphatic heterocycles.